The Morgan fingerprint density at radius 2 is 2.00 bits per heavy atom. The van der Waals surface area contributed by atoms with Crippen LogP contribution in [0.15, 0.2) is 16.8 Å². The number of carbonyl (C=O) groups is 1. The predicted octanol–water partition coefficient (Wildman–Crippen LogP) is 1.47. The second kappa shape index (κ2) is 7.93. The van der Waals surface area contributed by atoms with Gasteiger partial charge < -0.3 is 21.9 Å². The molecule has 0 saturated heterocycles. The third-order valence-corrected chi connectivity index (χ3v) is 6.25. The fourth-order valence-electron chi connectivity index (χ4n) is 4.82. The summed E-state index contributed by atoms with van der Waals surface area (Å²) in [5, 5.41) is 18.1. The lowest BCUT2D eigenvalue weighted by Crippen LogP contribution is -2.41. The molecule has 2 aliphatic carbocycles. The molecule has 2 aliphatic rings. The first-order valence-electron chi connectivity index (χ1n) is 9.72. The molecule has 0 radical (unpaired) electrons. The molecular weight excluding hydrogens is 401 g/mol. The number of amidine groups is 1. The summed E-state index contributed by atoms with van der Waals surface area (Å²) in [6.07, 6.45) is -0.604. The minimum atomic E-state index is -4.64. The number of aryl methyl sites for hydroxylation is 1. The molecule has 2 atom stereocenters. The number of anilines is 1. The van der Waals surface area contributed by atoms with Crippen molar-refractivity contribution in [1.29, 1.82) is 0 Å². The highest BCUT2D eigenvalue weighted by atomic mass is 19.4. The third kappa shape index (κ3) is 4.30. The number of carbonyl (C=O) groups excluding carboxylic acids is 1. The lowest BCUT2D eigenvalue weighted by molar-refractivity contribution is -0.0925. The number of rotatable bonds is 5. The van der Waals surface area contributed by atoms with Gasteiger partial charge in [0.25, 0.3) is 0 Å². The fraction of sp³-hybridized carbons (Fsp3) is 0.632. The van der Waals surface area contributed by atoms with Gasteiger partial charge in [-0.25, -0.2) is 0 Å². The molecule has 166 valence electrons. The van der Waals surface area contributed by atoms with E-state index < -0.39 is 17.5 Å². The molecule has 8 nitrogen and oxygen atoms in total. The quantitative estimate of drug-likeness (QED) is 0.319. The van der Waals surface area contributed by atoms with E-state index in [4.69, 9.17) is 11.5 Å². The number of fused-ring (bicyclic) bond motifs is 1. The van der Waals surface area contributed by atoms with Gasteiger partial charge in [-0.2, -0.15) is 18.3 Å². The smallest absolute Gasteiger partial charge is 0.395 e. The molecule has 1 heterocycles. The molecule has 0 aliphatic heterocycles. The van der Waals surface area contributed by atoms with E-state index in [2.05, 4.69) is 15.4 Å². The average molecular weight is 428 g/mol. The predicted molar refractivity (Wildman–Crippen MR) is 106 cm³/mol. The molecule has 2 fully saturated rings. The van der Waals surface area contributed by atoms with Crippen molar-refractivity contribution in [2.75, 3.05) is 19.3 Å². The lowest BCUT2D eigenvalue weighted by Gasteiger charge is -2.25. The lowest BCUT2D eigenvalue weighted by atomic mass is 9.92. The Morgan fingerprint density at radius 1 is 1.40 bits per heavy atom. The molecule has 0 spiro atoms. The largest absolute Gasteiger partial charge is 0.430 e. The van der Waals surface area contributed by atoms with Crippen LogP contribution in [0.2, 0.25) is 0 Å². The maximum atomic E-state index is 12.6. The van der Waals surface area contributed by atoms with Gasteiger partial charge in [0, 0.05) is 32.6 Å². The molecular formula is C19H27F3N6O2. The first-order chi connectivity index (χ1) is 14.0. The molecule has 30 heavy (non-hydrogen) atoms. The maximum Gasteiger partial charge on any atom is 0.430 e. The highest BCUT2D eigenvalue weighted by molar-refractivity contribution is 5.93. The number of allylic oxidation sites excluding steroid dienone is 1. The summed E-state index contributed by atoms with van der Waals surface area (Å²) in [6, 6.07) is 0. The van der Waals surface area contributed by atoms with E-state index in [9.17, 15) is 23.1 Å². The maximum absolute atomic E-state index is 12.6. The van der Waals surface area contributed by atoms with Crippen LogP contribution in [-0.4, -0.2) is 52.4 Å². The number of nitrogen functional groups attached to an aromatic ring is 1. The van der Waals surface area contributed by atoms with Gasteiger partial charge in [0.1, 0.15) is 17.4 Å². The number of aliphatic imine (C=N–C) groups is 1. The first-order valence-corrected chi connectivity index (χ1v) is 9.72. The van der Waals surface area contributed by atoms with Gasteiger partial charge in [0.2, 0.25) is 0 Å². The van der Waals surface area contributed by atoms with Crippen LogP contribution in [0.25, 0.3) is 0 Å². The number of alkyl halides is 3. The van der Waals surface area contributed by atoms with Crippen LogP contribution >= 0.6 is 0 Å². The Bertz CT molecular complexity index is 862. The SMILES string of the molecule is CN=C(/C=C(\N)C(F)(F)F)NCC1(O)CC2CC(c3nn(C)c(N)c3C=O)CC2C1. The van der Waals surface area contributed by atoms with Crippen molar-refractivity contribution in [1.82, 2.24) is 15.1 Å². The molecule has 2 saturated carbocycles. The number of halogens is 3. The molecule has 6 N–H and O–H groups in total. The van der Waals surface area contributed by atoms with E-state index in [0.29, 0.717) is 29.9 Å². The Hall–Kier alpha value is -2.56. The van der Waals surface area contributed by atoms with Gasteiger partial charge in [-0.1, -0.05) is 0 Å². The van der Waals surface area contributed by atoms with Crippen LogP contribution in [-0.2, 0) is 7.05 Å². The fourth-order valence-corrected chi connectivity index (χ4v) is 4.82. The number of nitrogens with zero attached hydrogens (tertiary/aromatic N) is 3. The molecule has 1 aromatic rings. The van der Waals surface area contributed by atoms with Crippen LogP contribution < -0.4 is 16.8 Å². The van der Waals surface area contributed by atoms with E-state index in [1.54, 1.807) is 7.05 Å². The van der Waals surface area contributed by atoms with Crippen molar-refractivity contribution in [3.63, 3.8) is 0 Å². The summed E-state index contributed by atoms with van der Waals surface area (Å²) in [5.41, 5.74) is 9.77. The van der Waals surface area contributed by atoms with Crippen molar-refractivity contribution in [3.05, 3.63) is 23.0 Å². The summed E-state index contributed by atoms with van der Waals surface area (Å²) in [6.45, 7) is 0.0785. The number of aliphatic hydroxyl groups is 1. The molecule has 0 amide bonds. The Balaban J connectivity index is 1.62. The van der Waals surface area contributed by atoms with Crippen LogP contribution in [0, 0.1) is 11.8 Å². The minimum absolute atomic E-state index is 0.0345. The van der Waals surface area contributed by atoms with Crippen LogP contribution in [0.3, 0.4) is 0 Å². The van der Waals surface area contributed by atoms with E-state index in [1.807, 2.05) is 0 Å². The van der Waals surface area contributed by atoms with Crippen molar-refractivity contribution < 1.29 is 23.1 Å². The summed E-state index contributed by atoms with van der Waals surface area (Å²) in [4.78, 5) is 15.2. The van der Waals surface area contributed by atoms with Gasteiger partial charge in [0.05, 0.1) is 16.9 Å². The molecule has 0 aromatic carbocycles. The zero-order valence-corrected chi connectivity index (χ0v) is 16.9. The van der Waals surface area contributed by atoms with E-state index in [1.165, 1.54) is 11.7 Å². The molecule has 2 unspecified atom stereocenters. The zero-order valence-electron chi connectivity index (χ0n) is 16.9. The van der Waals surface area contributed by atoms with Crippen molar-refractivity contribution in [3.8, 4) is 0 Å². The van der Waals surface area contributed by atoms with Crippen LogP contribution in [0.4, 0.5) is 19.0 Å². The zero-order chi connectivity index (χ0) is 22.3. The Morgan fingerprint density at radius 3 is 2.50 bits per heavy atom. The van der Waals surface area contributed by atoms with Crippen molar-refractivity contribution in [2.45, 2.75) is 43.4 Å². The minimum Gasteiger partial charge on any atom is -0.395 e. The van der Waals surface area contributed by atoms with E-state index in [-0.39, 0.29) is 30.1 Å². The summed E-state index contributed by atoms with van der Waals surface area (Å²) in [5.74, 6) is 0.885. The second-order valence-electron chi connectivity index (χ2n) is 8.31. The monoisotopic (exact) mass is 428 g/mol. The normalized spacial score (nSPS) is 29.9. The van der Waals surface area contributed by atoms with Gasteiger partial charge in [-0.05, 0) is 37.5 Å². The second-order valence-corrected chi connectivity index (χ2v) is 8.31. The Kier molecular flexibility index (Phi) is 5.85. The molecule has 0 bridgehead atoms. The number of hydrogen-bond acceptors (Lipinski definition) is 6. The third-order valence-electron chi connectivity index (χ3n) is 6.25. The summed E-state index contributed by atoms with van der Waals surface area (Å²) < 4.78 is 39.3. The topological polar surface area (TPSA) is 132 Å². The van der Waals surface area contributed by atoms with Gasteiger partial charge in [-0.15, -0.1) is 0 Å². The standard InChI is InChI=1S/C19H27F3N6O2/c1-25-15(5-14(23)19(20,21)22)26-9-18(30)6-11-3-10(4-12(11)7-18)16-13(8-29)17(24)28(2)27-16/h5,8,10-12,30H,3-4,6-7,9,23-24H2,1-2H3,(H,25,26)/b14-5-. The molecule has 1 aromatic heterocycles. The number of hydrogen-bond donors (Lipinski definition) is 4. The van der Waals surface area contributed by atoms with E-state index in [0.717, 1.165) is 25.2 Å². The van der Waals surface area contributed by atoms with Crippen LogP contribution in [0.5, 0.6) is 0 Å². The Labute approximate surface area is 172 Å². The summed E-state index contributed by atoms with van der Waals surface area (Å²) in [7, 11) is 3.04. The van der Waals surface area contributed by atoms with Crippen LogP contribution in [0.1, 0.15) is 47.7 Å². The van der Waals surface area contributed by atoms with Crippen molar-refractivity contribution in [2.24, 2.45) is 29.6 Å². The summed E-state index contributed by atoms with van der Waals surface area (Å²) >= 11 is 0. The molecule has 3 rings (SSSR count). The molecule has 11 heteroatoms. The highest BCUT2D eigenvalue weighted by Crippen LogP contribution is 2.54. The van der Waals surface area contributed by atoms with Gasteiger partial charge in [-0.3, -0.25) is 14.5 Å². The van der Waals surface area contributed by atoms with Crippen molar-refractivity contribution >= 4 is 17.9 Å². The number of aromatic nitrogens is 2. The number of aldehydes is 1. The van der Waals surface area contributed by atoms with E-state index >= 15 is 0 Å². The first kappa shape index (κ1) is 22.1. The van der Waals surface area contributed by atoms with Gasteiger partial charge in [0.15, 0.2) is 6.29 Å². The highest BCUT2D eigenvalue weighted by Gasteiger charge is 2.49. The average Bonchev–Trinajstić information content (AvgIpc) is 3.27. The number of nitrogens with one attached hydrogen (secondary N) is 1. The number of nitrogens with two attached hydrogens (primary N) is 2. The van der Waals surface area contributed by atoms with Gasteiger partial charge >= 0.3 is 6.18 Å².